The standard InChI is InChI=1S/C24H43O6P/c1-4-5-8-12-24(28-14-15-29-24)13-11-20-19(21(25)17-22(20)30-31)10-7-6-9-18(2)16-23(26)27-3/h6-7,18-22,25H,4-5,8-17,31H2,1-3H3/b7-6+. The van der Waals surface area contributed by atoms with Gasteiger partial charge < -0.3 is 23.8 Å². The van der Waals surface area contributed by atoms with Crippen LogP contribution in [0.1, 0.15) is 78.1 Å². The number of carbonyl (C=O) groups excluding carboxylic acids is 1. The summed E-state index contributed by atoms with van der Waals surface area (Å²) in [5.41, 5.74) is 0. The minimum atomic E-state index is -0.460. The molecule has 1 saturated carbocycles. The van der Waals surface area contributed by atoms with Crippen LogP contribution in [0.15, 0.2) is 12.2 Å². The van der Waals surface area contributed by atoms with Crippen molar-refractivity contribution < 1.29 is 28.6 Å². The zero-order valence-electron chi connectivity index (χ0n) is 19.6. The largest absolute Gasteiger partial charge is 0.469 e. The van der Waals surface area contributed by atoms with Crippen molar-refractivity contribution in [3.05, 3.63) is 12.2 Å². The molecule has 1 aliphatic carbocycles. The van der Waals surface area contributed by atoms with E-state index < -0.39 is 5.79 Å². The summed E-state index contributed by atoms with van der Waals surface area (Å²) in [5.74, 6) is 0.0394. The number of ether oxygens (including phenoxy) is 3. The van der Waals surface area contributed by atoms with Gasteiger partial charge in [0.05, 0.1) is 32.5 Å². The lowest BCUT2D eigenvalue weighted by atomic mass is 9.85. The van der Waals surface area contributed by atoms with E-state index >= 15 is 0 Å². The predicted octanol–water partition coefficient (Wildman–Crippen LogP) is 4.80. The van der Waals surface area contributed by atoms with Gasteiger partial charge in [-0.05, 0) is 43.4 Å². The van der Waals surface area contributed by atoms with E-state index in [-0.39, 0.29) is 35.9 Å². The van der Waals surface area contributed by atoms with Crippen LogP contribution in [-0.4, -0.2) is 49.4 Å². The Morgan fingerprint density at radius 2 is 1.97 bits per heavy atom. The maximum atomic E-state index is 11.4. The van der Waals surface area contributed by atoms with Crippen LogP contribution in [0.25, 0.3) is 0 Å². The zero-order valence-corrected chi connectivity index (χ0v) is 20.7. The fraction of sp³-hybridized carbons (Fsp3) is 0.875. The molecule has 0 radical (unpaired) electrons. The highest BCUT2D eigenvalue weighted by molar-refractivity contribution is 7.09. The topological polar surface area (TPSA) is 74.2 Å². The zero-order chi connectivity index (χ0) is 22.7. The van der Waals surface area contributed by atoms with Crippen molar-refractivity contribution in [1.82, 2.24) is 0 Å². The number of methoxy groups -OCH3 is 1. The van der Waals surface area contributed by atoms with Gasteiger partial charge in [0.15, 0.2) is 5.79 Å². The average Bonchev–Trinajstić information content (AvgIpc) is 3.34. The molecule has 31 heavy (non-hydrogen) atoms. The molecule has 1 heterocycles. The van der Waals surface area contributed by atoms with Gasteiger partial charge in [0.25, 0.3) is 0 Å². The first-order valence-corrected chi connectivity index (χ1v) is 12.4. The lowest BCUT2D eigenvalue weighted by Crippen LogP contribution is -2.33. The number of aliphatic hydroxyl groups excluding tert-OH is 1. The maximum Gasteiger partial charge on any atom is 0.305 e. The van der Waals surface area contributed by atoms with E-state index in [9.17, 15) is 9.90 Å². The fourth-order valence-electron chi connectivity index (χ4n) is 5.01. The number of hydrogen-bond donors (Lipinski definition) is 1. The summed E-state index contributed by atoms with van der Waals surface area (Å²) in [4.78, 5) is 11.4. The van der Waals surface area contributed by atoms with Gasteiger partial charge in [0.1, 0.15) is 0 Å². The lowest BCUT2D eigenvalue weighted by molar-refractivity contribution is -0.171. The Morgan fingerprint density at radius 1 is 1.23 bits per heavy atom. The molecule has 2 aliphatic rings. The Labute approximate surface area is 190 Å². The number of unbranched alkanes of at least 4 members (excludes halogenated alkanes) is 2. The Hall–Kier alpha value is -0.520. The Bertz CT molecular complexity index is 548. The molecule has 0 aromatic rings. The van der Waals surface area contributed by atoms with Crippen molar-refractivity contribution in [3.8, 4) is 0 Å². The quantitative estimate of drug-likeness (QED) is 0.174. The van der Waals surface area contributed by atoms with Gasteiger partial charge in [-0.2, -0.15) is 0 Å². The number of carbonyl (C=O) groups is 1. The fourth-order valence-corrected chi connectivity index (χ4v) is 5.32. The predicted molar refractivity (Wildman–Crippen MR) is 124 cm³/mol. The van der Waals surface area contributed by atoms with E-state index in [1.807, 2.05) is 6.92 Å². The van der Waals surface area contributed by atoms with Gasteiger partial charge in [-0.15, -0.1) is 0 Å². The van der Waals surface area contributed by atoms with Crippen LogP contribution in [-0.2, 0) is 23.5 Å². The van der Waals surface area contributed by atoms with Gasteiger partial charge in [-0.25, -0.2) is 0 Å². The third-order valence-corrected chi connectivity index (χ3v) is 7.21. The maximum absolute atomic E-state index is 11.4. The summed E-state index contributed by atoms with van der Waals surface area (Å²) in [7, 11) is 3.81. The Balaban J connectivity index is 1.91. The van der Waals surface area contributed by atoms with Crippen LogP contribution < -0.4 is 0 Å². The number of rotatable bonds is 14. The number of esters is 1. The molecular weight excluding hydrogens is 415 g/mol. The first-order chi connectivity index (χ1) is 14.9. The van der Waals surface area contributed by atoms with E-state index in [0.717, 1.165) is 38.5 Å². The smallest absolute Gasteiger partial charge is 0.305 e. The average molecular weight is 459 g/mol. The van der Waals surface area contributed by atoms with Gasteiger partial charge >= 0.3 is 5.97 Å². The van der Waals surface area contributed by atoms with Gasteiger partial charge in [-0.1, -0.05) is 38.8 Å². The molecule has 6 unspecified atom stereocenters. The van der Waals surface area contributed by atoms with Crippen molar-refractivity contribution >= 4 is 15.4 Å². The molecule has 0 amide bonds. The first kappa shape index (κ1) is 26.7. The first-order valence-electron chi connectivity index (χ1n) is 12.0. The lowest BCUT2D eigenvalue weighted by Gasteiger charge is -2.31. The van der Waals surface area contributed by atoms with Crippen LogP contribution in [0.2, 0.25) is 0 Å². The number of hydrogen-bond acceptors (Lipinski definition) is 6. The summed E-state index contributed by atoms with van der Waals surface area (Å²) < 4.78 is 22.5. The molecule has 1 aliphatic heterocycles. The Kier molecular flexibility index (Phi) is 12.0. The summed E-state index contributed by atoms with van der Waals surface area (Å²) in [6, 6.07) is 0. The molecule has 180 valence electrons. The van der Waals surface area contributed by atoms with E-state index in [0.29, 0.717) is 26.1 Å². The second kappa shape index (κ2) is 13.9. The van der Waals surface area contributed by atoms with Crippen molar-refractivity contribution in [1.29, 1.82) is 0 Å². The second-order valence-electron chi connectivity index (χ2n) is 9.24. The summed E-state index contributed by atoms with van der Waals surface area (Å²) >= 11 is 0. The molecule has 6 nitrogen and oxygen atoms in total. The third-order valence-electron chi connectivity index (χ3n) is 6.86. The molecule has 2 fully saturated rings. The molecule has 1 N–H and O–H groups in total. The summed E-state index contributed by atoms with van der Waals surface area (Å²) in [5, 5.41) is 10.7. The summed E-state index contributed by atoms with van der Waals surface area (Å²) in [6.45, 7) is 5.59. The van der Waals surface area contributed by atoms with E-state index in [2.05, 4.69) is 28.5 Å². The summed E-state index contributed by atoms with van der Waals surface area (Å²) in [6.07, 6.45) is 12.9. The SMILES string of the molecule is CCCCCC1(CCC2C(OP)CC(O)C2C/C=C/CC(C)CC(=O)OC)OCCO1. The van der Waals surface area contributed by atoms with Crippen LogP contribution >= 0.6 is 9.47 Å². The van der Waals surface area contributed by atoms with Gasteiger partial charge in [-0.3, -0.25) is 4.79 Å². The minimum absolute atomic E-state index is 0.0331. The van der Waals surface area contributed by atoms with Gasteiger partial charge in [0, 0.05) is 35.2 Å². The molecule has 0 aromatic carbocycles. The molecule has 7 heteroatoms. The highest BCUT2D eigenvalue weighted by atomic mass is 31.0. The molecular formula is C24H43O6P. The van der Waals surface area contributed by atoms with E-state index in [1.54, 1.807) is 0 Å². The molecule has 6 atom stereocenters. The van der Waals surface area contributed by atoms with Crippen molar-refractivity contribution in [2.45, 2.75) is 96.1 Å². The number of aliphatic hydroxyl groups is 1. The third kappa shape index (κ3) is 8.40. The molecule has 2 rings (SSSR count). The monoisotopic (exact) mass is 458 g/mol. The van der Waals surface area contributed by atoms with Crippen molar-refractivity contribution in [2.75, 3.05) is 20.3 Å². The Morgan fingerprint density at radius 3 is 2.61 bits per heavy atom. The van der Waals surface area contributed by atoms with Crippen LogP contribution in [0, 0.1) is 17.8 Å². The van der Waals surface area contributed by atoms with Crippen LogP contribution in [0.5, 0.6) is 0 Å². The second-order valence-corrected chi connectivity index (χ2v) is 9.51. The minimum Gasteiger partial charge on any atom is -0.469 e. The van der Waals surface area contributed by atoms with Crippen LogP contribution in [0.4, 0.5) is 0 Å². The molecule has 0 bridgehead atoms. The molecule has 0 spiro atoms. The van der Waals surface area contributed by atoms with Crippen molar-refractivity contribution in [3.63, 3.8) is 0 Å². The van der Waals surface area contributed by atoms with E-state index in [1.165, 1.54) is 20.0 Å². The molecule has 1 saturated heterocycles. The normalized spacial score (nSPS) is 28.9. The number of allylic oxidation sites excluding steroid dienone is 2. The van der Waals surface area contributed by atoms with Gasteiger partial charge in [0.2, 0.25) is 0 Å². The highest BCUT2D eigenvalue weighted by Gasteiger charge is 2.44. The van der Waals surface area contributed by atoms with Crippen LogP contribution in [0.3, 0.4) is 0 Å². The highest BCUT2D eigenvalue weighted by Crippen LogP contribution is 2.43. The van der Waals surface area contributed by atoms with Crippen molar-refractivity contribution in [2.24, 2.45) is 17.8 Å². The molecule has 0 aromatic heterocycles. The van der Waals surface area contributed by atoms with E-state index in [4.69, 9.17) is 18.7 Å².